The topological polar surface area (TPSA) is 52.9 Å². The lowest BCUT2D eigenvalue weighted by atomic mass is 10.1. The minimum atomic E-state index is -0.765. The molecule has 0 saturated heterocycles. The molecule has 1 aliphatic rings. The van der Waals surface area contributed by atoms with Crippen LogP contribution in [0.15, 0.2) is 71.7 Å². The van der Waals surface area contributed by atoms with Gasteiger partial charge in [-0.2, -0.15) is 0 Å². The molecule has 26 heavy (non-hydrogen) atoms. The van der Waals surface area contributed by atoms with Crippen LogP contribution in [0.25, 0.3) is 0 Å². The first-order valence-electron chi connectivity index (χ1n) is 7.80. The summed E-state index contributed by atoms with van der Waals surface area (Å²) in [5.41, 5.74) is 1.84. The van der Waals surface area contributed by atoms with E-state index in [-0.39, 0.29) is 17.1 Å². The quantitative estimate of drug-likeness (QED) is 0.741. The van der Waals surface area contributed by atoms with Gasteiger partial charge in [-0.3, -0.25) is 9.69 Å². The third-order valence-electron chi connectivity index (χ3n) is 4.00. The van der Waals surface area contributed by atoms with E-state index < -0.39 is 17.5 Å². The largest absolute Gasteiger partial charge is 0.508 e. The molecule has 1 aliphatic heterocycles. The Morgan fingerprint density at radius 2 is 1.54 bits per heavy atom. The van der Waals surface area contributed by atoms with Crippen LogP contribution in [0.4, 0.5) is 25.8 Å². The summed E-state index contributed by atoms with van der Waals surface area (Å²) in [7, 11) is 0. The molecule has 3 aromatic rings. The van der Waals surface area contributed by atoms with Gasteiger partial charge in [0.05, 0.1) is 11.4 Å². The van der Waals surface area contributed by atoms with Gasteiger partial charge in [0.2, 0.25) is 0 Å². The van der Waals surface area contributed by atoms with Crippen molar-refractivity contribution in [3.63, 3.8) is 0 Å². The van der Waals surface area contributed by atoms with E-state index in [2.05, 4.69) is 4.99 Å². The van der Waals surface area contributed by atoms with Crippen molar-refractivity contribution in [1.82, 2.24) is 0 Å². The van der Waals surface area contributed by atoms with Crippen molar-refractivity contribution in [3.8, 4) is 5.75 Å². The van der Waals surface area contributed by atoms with Crippen LogP contribution in [0.1, 0.15) is 5.56 Å². The van der Waals surface area contributed by atoms with Crippen LogP contribution in [0.3, 0.4) is 0 Å². The minimum absolute atomic E-state index is 0.0215. The van der Waals surface area contributed by atoms with E-state index in [9.17, 15) is 18.7 Å². The van der Waals surface area contributed by atoms with Crippen LogP contribution >= 0.6 is 0 Å². The summed E-state index contributed by atoms with van der Waals surface area (Å²) in [6.45, 7) is 0. The van der Waals surface area contributed by atoms with Gasteiger partial charge in [-0.25, -0.2) is 13.8 Å². The molecular formula is C20H12F2N2O2. The van der Waals surface area contributed by atoms with E-state index in [0.717, 1.165) is 18.2 Å². The normalized spacial score (nSPS) is 14.8. The number of phenolic OH excluding ortho intramolecular Hbond substituents is 1. The summed E-state index contributed by atoms with van der Waals surface area (Å²) in [6, 6.07) is 16.1. The highest BCUT2D eigenvalue weighted by Gasteiger charge is 2.34. The van der Waals surface area contributed by atoms with E-state index in [1.807, 2.05) is 0 Å². The van der Waals surface area contributed by atoms with Gasteiger partial charge in [-0.1, -0.05) is 18.2 Å². The zero-order chi connectivity index (χ0) is 18.3. The lowest BCUT2D eigenvalue weighted by molar-refractivity contribution is -0.111. The highest BCUT2D eigenvalue weighted by Crippen LogP contribution is 2.37. The fourth-order valence-corrected chi connectivity index (χ4v) is 2.90. The predicted molar refractivity (Wildman–Crippen MR) is 94.2 cm³/mol. The molecule has 0 fully saturated rings. The van der Waals surface area contributed by atoms with Gasteiger partial charge in [0.15, 0.2) is 0 Å². The summed E-state index contributed by atoms with van der Waals surface area (Å²) in [5, 5.41) is 9.46. The number of para-hydroxylation sites is 1. The number of aliphatic imine (C=N–C) groups is 1. The Bertz CT molecular complexity index is 1030. The number of anilines is 2. The van der Waals surface area contributed by atoms with Crippen molar-refractivity contribution in [2.75, 3.05) is 4.90 Å². The summed E-state index contributed by atoms with van der Waals surface area (Å²) in [4.78, 5) is 18.6. The lowest BCUT2D eigenvalue weighted by Gasteiger charge is -2.16. The van der Waals surface area contributed by atoms with Crippen LogP contribution in [-0.2, 0) is 4.79 Å². The number of aromatic hydroxyl groups is 1. The second kappa shape index (κ2) is 6.07. The molecule has 0 aromatic heterocycles. The molecule has 0 bridgehead atoms. The molecule has 1 heterocycles. The zero-order valence-electron chi connectivity index (χ0n) is 13.4. The number of halogens is 2. The third kappa shape index (κ3) is 2.71. The molecule has 1 amide bonds. The molecule has 0 spiro atoms. The number of amides is 1. The Labute approximate surface area is 147 Å². The number of phenols is 1. The highest BCUT2D eigenvalue weighted by molar-refractivity contribution is 6.56. The Kier molecular flexibility index (Phi) is 3.73. The number of carbonyl (C=O) groups excluding carboxylic acids is 1. The zero-order valence-corrected chi connectivity index (χ0v) is 13.4. The van der Waals surface area contributed by atoms with Gasteiger partial charge in [0.1, 0.15) is 23.1 Å². The summed E-state index contributed by atoms with van der Waals surface area (Å²) in [5.74, 6) is -1.86. The number of rotatable bonds is 2. The van der Waals surface area contributed by atoms with Crippen molar-refractivity contribution in [1.29, 1.82) is 0 Å². The molecule has 3 aromatic carbocycles. The van der Waals surface area contributed by atoms with E-state index in [1.165, 1.54) is 17.0 Å². The Morgan fingerprint density at radius 3 is 2.23 bits per heavy atom. The monoisotopic (exact) mass is 350 g/mol. The molecule has 6 heteroatoms. The fraction of sp³-hybridized carbons (Fsp3) is 0. The van der Waals surface area contributed by atoms with Crippen molar-refractivity contribution < 1.29 is 18.7 Å². The van der Waals surface area contributed by atoms with Gasteiger partial charge >= 0.3 is 0 Å². The maximum Gasteiger partial charge on any atom is 0.282 e. The molecule has 0 unspecified atom stereocenters. The van der Waals surface area contributed by atoms with Crippen molar-refractivity contribution in [2.45, 2.75) is 0 Å². The van der Waals surface area contributed by atoms with Crippen LogP contribution in [-0.4, -0.2) is 16.7 Å². The van der Waals surface area contributed by atoms with E-state index in [4.69, 9.17) is 0 Å². The molecule has 0 radical (unpaired) electrons. The Balaban J connectivity index is 1.86. The SMILES string of the molecule is O=C1/C(=N\c2cc(F)cc(F)c2)c2ccccc2N1c1ccc(O)cc1. The Hall–Kier alpha value is -3.54. The van der Waals surface area contributed by atoms with Crippen molar-refractivity contribution in [2.24, 2.45) is 4.99 Å². The highest BCUT2D eigenvalue weighted by atomic mass is 19.1. The van der Waals surface area contributed by atoms with E-state index in [0.29, 0.717) is 16.9 Å². The van der Waals surface area contributed by atoms with Crippen LogP contribution in [0.5, 0.6) is 5.75 Å². The van der Waals surface area contributed by atoms with Crippen LogP contribution in [0, 0.1) is 11.6 Å². The maximum absolute atomic E-state index is 13.4. The van der Waals surface area contributed by atoms with Crippen molar-refractivity contribution >= 4 is 28.7 Å². The lowest BCUT2D eigenvalue weighted by Crippen LogP contribution is -2.25. The first-order valence-corrected chi connectivity index (χ1v) is 7.80. The number of benzene rings is 3. The summed E-state index contributed by atoms with van der Waals surface area (Å²) >= 11 is 0. The molecule has 0 saturated carbocycles. The fourth-order valence-electron chi connectivity index (χ4n) is 2.90. The summed E-state index contributed by atoms with van der Waals surface area (Å²) in [6.07, 6.45) is 0. The van der Waals surface area contributed by atoms with Crippen LogP contribution in [0.2, 0.25) is 0 Å². The molecule has 1 N–H and O–H groups in total. The smallest absolute Gasteiger partial charge is 0.282 e. The number of fused-ring (bicyclic) bond motifs is 1. The second-order valence-corrected chi connectivity index (χ2v) is 5.76. The van der Waals surface area contributed by atoms with Gasteiger partial charge in [0, 0.05) is 17.3 Å². The first kappa shape index (κ1) is 16.0. The standard InChI is InChI=1S/C20H12F2N2O2/c21-12-9-13(22)11-14(10-12)23-19-17-3-1-2-4-18(17)24(20(19)26)15-5-7-16(25)8-6-15/h1-11,25H/b23-19-. The molecule has 4 rings (SSSR count). The number of nitrogens with zero attached hydrogens (tertiary/aromatic N) is 2. The Morgan fingerprint density at radius 1 is 0.885 bits per heavy atom. The van der Waals surface area contributed by atoms with E-state index in [1.54, 1.807) is 36.4 Å². The third-order valence-corrected chi connectivity index (χ3v) is 4.00. The molecule has 128 valence electrons. The number of hydrogen-bond acceptors (Lipinski definition) is 3. The number of carbonyl (C=O) groups is 1. The number of hydrogen-bond donors (Lipinski definition) is 1. The average Bonchev–Trinajstić information content (AvgIpc) is 2.87. The van der Waals surface area contributed by atoms with Gasteiger partial charge in [-0.15, -0.1) is 0 Å². The molecular weight excluding hydrogens is 338 g/mol. The average molecular weight is 350 g/mol. The van der Waals surface area contributed by atoms with Gasteiger partial charge in [-0.05, 0) is 42.5 Å². The molecule has 4 nitrogen and oxygen atoms in total. The molecule has 0 atom stereocenters. The first-order chi connectivity index (χ1) is 12.5. The second-order valence-electron chi connectivity index (χ2n) is 5.76. The van der Waals surface area contributed by atoms with Gasteiger partial charge in [0.25, 0.3) is 5.91 Å². The summed E-state index contributed by atoms with van der Waals surface area (Å²) < 4.78 is 26.9. The minimum Gasteiger partial charge on any atom is -0.508 e. The molecule has 0 aliphatic carbocycles. The van der Waals surface area contributed by atoms with Gasteiger partial charge < -0.3 is 5.11 Å². The van der Waals surface area contributed by atoms with E-state index >= 15 is 0 Å². The van der Waals surface area contributed by atoms with Crippen LogP contribution < -0.4 is 4.90 Å². The predicted octanol–water partition coefficient (Wildman–Crippen LogP) is 4.47. The maximum atomic E-state index is 13.4. The van der Waals surface area contributed by atoms with Crippen molar-refractivity contribution in [3.05, 3.63) is 83.9 Å².